The third kappa shape index (κ3) is 4.89. The molecule has 0 saturated heterocycles. The summed E-state index contributed by atoms with van der Waals surface area (Å²) in [6, 6.07) is 14.6. The quantitative estimate of drug-likeness (QED) is 0.793. The van der Waals surface area contributed by atoms with Gasteiger partial charge in [-0.3, -0.25) is 4.79 Å². The summed E-state index contributed by atoms with van der Waals surface area (Å²) in [5.41, 5.74) is 0.852. The van der Waals surface area contributed by atoms with Crippen molar-refractivity contribution in [3.8, 4) is 17.2 Å². The Morgan fingerprint density at radius 3 is 2.36 bits per heavy atom. The molecule has 25 heavy (non-hydrogen) atoms. The van der Waals surface area contributed by atoms with Crippen LogP contribution in [0.5, 0.6) is 17.2 Å². The van der Waals surface area contributed by atoms with Gasteiger partial charge in [0.05, 0.1) is 20.3 Å². The van der Waals surface area contributed by atoms with Gasteiger partial charge in [0.1, 0.15) is 17.2 Å². The minimum absolute atomic E-state index is 0.163. The second kappa shape index (κ2) is 8.97. The summed E-state index contributed by atoms with van der Waals surface area (Å²) in [5, 5.41) is 2.99. The van der Waals surface area contributed by atoms with Crippen molar-refractivity contribution in [1.29, 1.82) is 0 Å². The fraction of sp³-hybridized carbons (Fsp3) is 0.350. The van der Waals surface area contributed by atoms with Crippen molar-refractivity contribution in [2.45, 2.75) is 32.4 Å². The zero-order chi connectivity index (χ0) is 18.2. The van der Waals surface area contributed by atoms with Gasteiger partial charge in [-0.05, 0) is 43.7 Å². The van der Waals surface area contributed by atoms with E-state index in [1.54, 1.807) is 14.2 Å². The highest BCUT2D eigenvalue weighted by Gasteiger charge is 2.22. The van der Waals surface area contributed by atoms with E-state index in [0.717, 1.165) is 5.56 Å². The summed E-state index contributed by atoms with van der Waals surface area (Å²) < 4.78 is 16.5. The number of ether oxygens (including phenoxy) is 3. The van der Waals surface area contributed by atoms with Gasteiger partial charge in [-0.2, -0.15) is 0 Å². The maximum Gasteiger partial charge on any atom is 0.261 e. The zero-order valence-electron chi connectivity index (χ0n) is 15.1. The number of amides is 1. The lowest BCUT2D eigenvalue weighted by molar-refractivity contribution is -0.128. The van der Waals surface area contributed by atoms with Crippen LogP contribution in [0, 0.1) is 0 Å². The lowest BCUT2D eigenvalue weighted by atomic mass is 10.1. The minimum atomic E-state index is -0.554. The van der Waals surface area contributed by atoms with Crippen LogP contribution in [0.25, 0.3) is 0 Å². The second-order valence-corrected chi connectivity index (χ2v) is 5.67. The highest BCUT2D eigenvalue weighted by Crippen LogP contribution is 2.29. The molecule has 0 fully saturated rings. The lowest BCUT2D eigenvalue weighted by Crippen LogP contribution is -2.39. The van der Waals surface area contributed by atoms with E-state index in [-0.39, 0.29) is 11.9 Å². The van der Waals surface area contributed by atoms with Crippen LogP contribution in [0.15, 0.2) is 48.5 Å². The predicted molar refractivity (Wildman–Crippen MR) is 97.3 cm³/mol. The summed E-state index contributed by atoms with van der Waals surface area (Å²) >= 11 is 0. The monoisotopic (exact) mass is 343 g/mol. The average Bonchev–Trinajstić information content (AvgIpc) is 2.66. The first-order valence-corrected chi connectivity index (χ1v) is 8.33. The van der Waals surface area contributed by atoms with E-state index in [9.17, 15) is 4.79 Å². The van der Waals surface area contributed by atoms with E-state index in [4.69, 9.17) is 14.2 Å². The van der Waals surface area contributed by atoms with Gasteiger partial charge < -0.3 is 19.5 Å². The zero-order valence-corrected chi connectivity index (χ0v) is 15.1. The van der Waals surface area contributed by atoms with Gasteiger partial charge in [-0.15, -0.1) is 0 Å². The molecule has 2 rings (SSSR count). The molecule has 0 bridgehead atoms. The molecular weight excluding hydrogens is 318 g/mol. The molecule has 0 radical (unpaired) electrons. The Morgan fingerprint density at radius 2 is 1.76 bits per heavy atom. The summed E-state index contributed by atoms with van der Waals surface area (Å²) in [5.74, 6) is 1.93. The predicted octanol–water partition coefficient (Wildman–Crippen LogP) is 3.74. The van der Waals surface area contributed by atoms with Crippen LogP contribution in [0.2, 0.25) is 0 Å². The highest BCUT2D eigenvalue weighted by molar-refractivity contribution is 5.81. The fourth-order valence-electron chi connectivity index (χ4n) is 2.55. The van der Waals surface area contributed by atoms with Gasteiger partial charge in [0.25, 0.3) is 5.91 Å². The molecule has 5 nitrogen and oxygen atoms in total. The lowest BCUT2D eigenvalue weighted by Gasteiger charge is -2.22. The summed E-state index contributed by atoms with van der Waals surface area (Å²) in [6.45, 7) is 3.83. The van der Waals surface area contributed by atoms with Gasteiger partial charge in [0.2, 0.25) is 0 Å². The van der Waals surface area contributed by atoms with Gasteiger partial charge in [0, 0.05) is 5.56 Å². The molecule has 0 heterocycles. The molecule has 0 aliphatic heterocycles. The Bertz CT molecular complexity index is 687. The molecule has 5 heteroatoms. The van der Waals surface area contributed by atoms with Crippen LogP contribution >= 0.6 is 0 Å². The van der Waals surface area contributed by atoms with Crippen LogP contribution in [-0.2, 0) is 4.79 Å². The van der Waals surface area contributed by atoms with E-state index in [1.165, 1.54) is 0 Å². The largest absolute Gasteiger partial charge is 0.497 e. The Balaban J connectivity index is 2.10. The van der Waals surface area contributed by atoms with Gasteiger partial charge in [-0.1, -0.05) is 25.1 Å². The van der Waals surface area contributed by atoms with Crippen molar-refractivity contribution in [2.24, 2.45) is 0 Å². The number of carbonyl (C=O) groups excluding carboxylic acids is 1. The van der Waals surface area contributed by atoms with Crippen LogP contribution in [0.3, 0.4) is 0 Å². The number of hydrogen-bond donors (Lipinski definition) is 1. The molecule has 1 amide bonds. The van der Waals surface area contributed by atoms with Crippen molar-refractivity contribution < 1.29 is 19.0 Å². The topological polar surface area (TPSA) is 56.8 Å². The molecule has 0 saturated carbocycles. The first-order chi connectivity index (χ1) is 12.1. The first-order valence-electron chi connectivity index (χ1n) is 8.33. The normalized spacial score (nSPS) is 12.8. The van der Waals surface area contributed by atoms with E-state index in [0.29, 0.717) is 23.7 Å². The second-order valence-electron chi connectivity index (χ2n) is 5.67. The molecule has 2 aromatic rings. The molecule has 1 N–H and O–H groups in total. The maximum absolute atomic E-state index is 12.6. The van der Waals surface area contributed by atoms with Crippen LogP contribution in [0.4, 0.5) is 0 Å². The van der Waals surface area contributed by atoms with Crippen molar-refractivity contribution in [3.63, 3.8) is 0 Å². The summed E-state index contributed by atoms with van der Waals surface area (Å²) in [6.07, 6.45) is 0.0179. The molecule has 0 spiro atoms. The maximum atomic E-state index is 12.6. The smallest absolute Gasteiger partial charge is 0.261 e. The molecule has 2 aromatic carbocycles. The average molecular weight is 343 g/mol. The van der Waals surface area contributed by atoms with Crippen molar-refractivity contribution in [2.75, 3.05) is 14.2 Å². The number of benzene rings is 2. The van der Waals surface area contributed by atoms with E-state index in [1.807, 2.05) is 62.4 Å². The molecule has 2 atom stereocenters. The standard InChI is InChI=1S/C20H25NO4/c1-5-18(25-15-9-7-6-8-10-15)20(22)21-14(2)17-13-16(23-3)11-12-19(17)24-4/h6-14,18H,5H2,1-4H3,(H,21,22)/t14-,18-/m1/s1. The molecule has 0 aliphatic rings. The molecule has 134 valence electrons. The van der Waals surface area contributed by atoms with Gasteiger partial charge >= 0.3 is 0 Å². The third-order valence-electron chi connectivity index (χ3n) is 3.95. The summed E-state index contributed by atoms with van der Waals surface area (Å²) in [4.78, 5) is 12.6. The van der Waals surface area contributed by atoms with E-state index >= 15 is 0 Å². The Hall–Kier alpha value is -2.69. The number of rotatable bonds is 8. The number of methoxy groups -OCH3 is 2. The Labute approximate surface area is 148 Å². The van der Waals surface area contributed by atoms with Crippen LogP contribution < -0.4 is 19.5 Å². The molecule has 0 aliphatic carbocycles. The van der Waals surface area contributed by atoms with Crippen LogP contribution in [0.1, 0.15) is 31.9 Å². The van der Waals surface area contributed by atoms with Crippen LogP contribution in [-0.4, -0.2) is 26.2 Å². The number of hydrogen-bond acceptors (Lipinski definition) is 4. The summed E-state index contributed by atoms with van der Waals surface area (Å²) in [7, 11) is 3.21. The molecule has 0 aromatic heterocycles. The molecular formula is C20H25NO4. The van der Waals surface area contributed by atoms with E-state index in [2.05, 4.69) is 5.32 Å². The minimum Gasteiger partial charge on any atom is -0.497 e. The molecule has 0 unspecified atom stereocenters. The van der Waals surface area contributed by atoms with Crippen molar-refractivity contribution >= 4 is 5.91 Å². The SMILES string of the molecule is CC[C@@H](Oc1ccccc1)C(=O)N[C@H](C)c1cc(OC)ccc1OC. The van der Waals surface area contributed by atoms with Gasteiger partial charge in [0.15, 0.2) is 6.10 Å². The third-order valence-corrected chi connectivity index (χ3v) is 3.95. The Morgan fingerprint density at radius 1 is 1.04 bits per heavy atom. The van der Waals surface area contributed by atoms with E-state index < -0.39 is 6.10 Å². The number of para-hydroxylation sites is 1. The van der Waals surface area contributed by atoms with Crippen molar-refractivity contribution in [3.05, 3.63) is 54.1 Å². The highest BCUT2D eigenvalue weighted by atomic mass is 16.5. The first kappa shape index (κ1) is 18.6. The Kier molecular flexibility index (Phi) is 6.69. The van der Waals surface area contributed by atoms with Crippen molar-refractivity contribution in [1.82, 2.24) is 5.32 Å². The number of carbonyl (C=O) groups is 1. The van der Waals surface area contributed by atoms with Gasteiger partial charge in [-0.25, -0.2) is 0 Å². The fourth-order valence-corrected chi connectivity index (χ4v) is 2.55. The number of nitrogens with one attached hydrogen (secondary N) is 1.